The van der Waals surface area contributed by atoms with Crippen LogP contribution in [0, 0.1) is 0 Å². The fraction of sp³-hybridized carbons (Fsp3) is 0.200. The zero-order chi connectivity index (χ0) is 12.3. The number of Topliss-reactive ketones (excluding diaryl/α,β-unsaturated/α-hetero) is 1. The molecule has 6 heteroatoms. The predicted octanol–water partition coefficient (Wildman–Crippen LogP) is 3.26. The first-order valence-corrected chi connectivity index (χ1v) is 5.46. The highest BCUT2D eigenvalue weighted by Gasteiger charge is 2.20. The molecule has 0 aliphatic rings. The zero-order valence-electron chi connectivity index (χ0n) is 7.91. The summed E-state index contributed by atoms with van der Waals surface area (Å²) >= 11 is 16.9. The average Bonchev–Trinajstić information content (AvgIpc) is 2.16. The number of aliphatic carboxylic acids is 1. The number of alkyl halides is 1. The van der Waals surface area contributed by atoms with Gasteiger partial charge in [-0.15, -0.1) is 11.6 Å². The summed E-state index contributed by atoms with van der Waals surface area (Å²) < 4.78 is 0. The van der Waals surface area contributed by atoms with Gasteiger partial charge in [-0.1, -0.05) is 23.2 Å². The third kappa shape index (κ3) is 3.37. The van der Waals surface area contributed by atoms with E-state index in [1.807, 2.05) is 0 Å². The second-order valence-corrected chi connectivity index (χ2v) is 4.43. The average molecular weight is 282 g/mol. The second kappa shape index (κ2) is 5.53. The van der Waals surface area contributed by atoms with Gasteiger partial charge in [-0.05, 0) is 18.2 Å². The molecule has 1 aromatic carbocycles. The maximum atomic E-state index is 11.6. The third-order valence-electron chi connectivity index (χ3n) is 1.86. The first kappa shape index (κ1) is 13.3. The summed E-state index contributed by atoms with van der Waals surface area (Å²) in [4.78, 5) is 22.1. The molecule has 0 aromatic heterocycles. The van der Waals surface area contributed by atoms with Crippen LogP contribution in [0.1, 0.15) is 16.8 Å². The highest BCUT2D eigenvalue weighted by atomic mass is 35.5. The fourth-order valence-electron chi connectivity index (χ4n) is 1.08. The number of carboxylic acids is 1. The molecule has 3 nitrogen and oxygen atoms in total. The molecule has 0 bridgehead atoms. The van der Waals surface area contributed by atoms with Crippen LogP contribution in [0.3, 0.4) is 0 Å². The van der Waals surface area contributed by atoms with Crippen LogP contribution in [0.25, 0.3) is 0 Å². The molecule has 0 fully saturated rings. The van der Waals surface area contributed by atoms with Gasteiger partial charge in [-0.25, -0.2) is 0 Å². The van der Waals surface area contributed by atoms with Crippen LogP contribution in [-0.4, -0.2) is 22.2 Å². The van der Waals surface area contributed by atoms with Gasteiger partial charge >= 0.3 is 5.97 Å². The Kier molecular flexibility index (Phi) is 4.59. The van der Waals surface area contributed by atoms with Crippen molar-refractivity contribution in [1.82, 2.24) is 0 Å². The molecular weight excluding hydrogens is 274 g/mol. The number of hydrogen-bond acceptors (Lipinski definition) is 2. The molecule has 0 aliphatic carbocycles. The topological polar surface area (TPSA) is 54.4 Å². The van der Waals surface area contributed by atoms with Crippen molar-refractivity contribution in [3.63, 3.8) is 0 Å². The predicted molar refractivity (Wildman–Crippen MR) is 62.7 cm³/mol. The van der Waals surface area contributed by atoms with E-state index >= 15 is 0 Å². The lowest BCUT2D eigenvalue weighted by molar-refractivity contribution is -0.136. The summed E-state index contributed by atoms with van der Waals surface area (Å²) in [6.07, 6.45) is -0.307. The van der Waals surface area contributed by atoms with Gasteiger partial charge in [0.2, 0.25) is 0 Å². The summed E-state index contributed by atoms with van der Waals surface area (Å²) in [5, 5.41) is 7.89. The Morgan fingerprint density at radius 3 is 2.44 bits per heavy atom. The number of benzene rings is 1. The smallest absolute Gasteiger partial charge is 0.322 e. The van der Waals surface area contributed by atoms with E-state index in [4.69, 9.17) is 39.9 Å². The fourth-order valence-corrected chi connectivity index (χ4v) is 1.73. The van der Waals surface area contributed by atoms with E-state index in [9.17, 15) is 9.59 Å². The number of hydrogen-bond donors (Lipinski definition) is 1. The molecule has 1 aromatic rings. The van der Waals surface area contributed by atoms with E-state index in [1.54, 1.807) is 0 Å². The molecule has 0 saturated heterocycles. The molecule has 1 unspecified atom stereocenters. The van der Waals surface area contributed by atoms with Crippen molar-refractivity contribution in [1.29, 1.82) is 0 Å². The largest absolute Gasteiger partial charge is 0.480 e. The van der Waals surface area contributed by atoms with E-state index in [2.05, 4.69) is 0 Å². The summed E-state index contributed by atoms with van der Waals surface area (Å²) in [6.45, 7) is 0. The van der Waals surface area contributed by atoms with Crippen LogP contribution >= 0.6 is 34.8 Å². The van der Waals surface area contributed by atoms with Gasteiger partial charge in [0.05, 0.1) is 5.02 Å². The Hall–Kier alpha value is -0.770. The maximum absolute atomic E-state index is 11.6. The van der Waals surface area contributed by atoms with Gasteiger partial charge in [0.25, 0.3) is 0 Å². The minimum absolute atomic E-state index is 0.187. The monoisotopic (exact) mass is 280 g/mol. The number of carboxylic acid groups (broad SMARTS) is 1. The molecule has 1 N–H and O–H groups in total. The summed E-state index contributed by atoms with van der Waals surface area (Å²) in [5.41, 5.74) is 0.220. The molecule has 0 radical (unpaired) electrons. The molecule has 86 valence electrons. The number of halogens is 3. The number of carbonyl (C=O) groups is 2. The van der Waals surface area contributed by atoms with Gasteiger partial charge < -0.3 is 5.11 Å². The van der Waals surface area contributed by atoms with E-state index in [-0.39, 0.29) is 17.0 Å². The number of carbonyl (C=O) groups excluding carboxylic acids is 1. The third-order valence-corrected chi connectivity index (χ3v) is 2.75. The summed E-state index contributed by atoms with van der Waals surface area (Å²) in [5.74, 6) is -1.66. The Labute approximate surface area is 107 Å². The van der Waals surface area contributed by atoms with Crippen LogP contribution in [0.15, 0.2) is 18.2 Å². The number of ketones is 1. The van der Waals surface area contributed by atoms with E-state index in [1.165, 1.54) is 18.2 Å². The molecule has 0 aliphatic heterocycles. The molecule has 0 amide bonds. The van der Waals surface area contributed by atoms with Crippen LogP contribution in [-0.2, 0) is 4.79 Å². The van der Waals surface area contributed by atoms with E-state index < -0.39 is 17.1 Å². The highest BCUT2D eigenvalue weighted by Crippen LogP contribution is 2.23. The molecular formula is C10H7Cl3O3. The zero-order valence-corrected chi connectivity index (χ0v) is 10.2. The van der Waals surface area contributed by atoms with Crippen LogP contribution < -0.4 is 0 Å². The van der Waals surface area contributed by atoms with Crippen molar-refractivity contribution in [3.05, 3.63) is 33.8 Å². The quantitative estimate of drug-likeness (QED) is 0.681. The Balaban J connectivity index is 2.85. The molecule has 0 spiro atoms. The first-order chi connectivity index (χ1) is 7.41. The van der Waals surface area contributed by atoms with E-state index in [0.29, 0.717) is 5.02 Å². The van der Waals surface area contributed by atoms with Gasteiger partial charge in [-0.3, -0.25) is 9.59 Å². The normalized spacial score (nSPS) is 12.2. The lowest BCUT2D eigenvalue weighted by Gasteiger charge is -2.05. The van der Waals surface area contributed by atoms with Crippen LogP contribution in [0.4, 0.5) is 0 Å². The summed E-state index contributed by atoms with van der Waals surface area (Å²) in [7, 11) is 0. The van der Waals surface area contributed by atoms with Gasteiger partial charge in [-0.2, -0.15) is 0 Å². The molecule has 16 heavy (non-hydrogen) atoms. The van der Waals surface area contributed by atoms with Gasteiger partial charge in [0.15, 0.2) is 5.78 Å². The molecule has 1 atom stereocenters. The van der Waals surface area contributed by atoms with Crippen molar-refractivity contribution in [3.8, 4) is 0 Å². The maximum Gasteiger partial charge on any atom is 0.322 e. The Morgan fingerprint density at radius 2 is 1.94 bits per heavy atom. The van der Waals surface area contributed by atoms with Crippen LogP contribution in [0.5, 0.6) is 0 Å². The van der Waals surface area contributed by atoms with Crippen LogP contribution in [0.2, 0.25) is 10.0 Å². The number of rotatable bonds is 4. The standard InChI is InChI=1S/C10H7Cl3O3/c11-5-1-2-6(7(12)3-5)9(14)4-8(13)10(15)16/h1-3,8H,4H2,(H,15,16). The van der Waals surface area contributed by atoms with Crippen molar-refractivity contribution in [2.75, 3.05) is 0 Å². The molecule has 1 rings (SSSR count). The molecule has 0 saturated carbocycles. The van der Waals surface area contributed by atoms with Gasteiger partial charge in [0, 0.05) is 17.0 Å². The lowest BCUT2D eigenvalue weighted by Crippen LogP contribution is -2.18. The Bertz CT molecular complexity index is 431. The highest BCUT2D eigenvalue weighted by molar-refractivity contribution is 6.37. The Morgan fingerprint density at radius 1 is 1.31 bits per heavy atom. The minimum atomic E-state index is -1.25. The van der Waals surface area contributed by atoms with Crippen molar-refractivity contribution >= 4 is 46.6 Å². The second-order valence-electron chi connectivity index (χ2n) is 3.06. The van der Waals surface area contributed by atoms with Crippen molar-refractivity contribution in [2.45, 2.75) is 11.8 Å². The lowest BCUT2D eigenvalue weighted by atomic mass is 10.1. The van der Waals surface area contributed by atoms with Crippen molar-refractivity contribution < 1.29 is 14.7 Å². The van der Waals surface area contributed by atoms with Crippen molar-refractivity contribution in [2.24, 2.45) is 0 Å². The van der Waals surface area contributed by atoms with E-state index in [0.717, 1.165) is 0 Å². The van der Waals surface area contributed by atoms with Gasteiger partial charge in [0.1, 0.15) is 5.38 Å². The molecule has 0 heterocycles. The summed E-state index contributed by atoms with van der Waals surface area (Å²) in [6, 6.07) is 4.36. The minimum Gasteiger partial charge on any atom is -0.480 e. The first-order valence-electron chi connectivity index (χ1n) is 4.27. The SMILES string of the molecule is O=C(CC(Cl)C(=O)O)c1ccc(Cl)cc1Cl.